The van der Waals surface area contributed by atoms with Gasteiger partial charge in [0.05, 0.1) is 29.7 Å². The minimum Gasteiger partial charge on any atom is -0.369 e. The Morgan fingerprint density at radius 3 is 2.68 bits per heavy atom. The molecule has 174 valence electrons. The third-order valence-corrected chi connectivity index (χ3v) is 5.27. The van der Waals surface area contributed by atoms with Crippen LogP contribution in [0.15, 0.2) is 67.1 Å². The maximum Gasteiger partial charge on any atom is 0.255 e. The van der Waals surface area contributed by atoms with Gasteiger partial charge < -0.3 is 16.4 Å². The van der Waals surface area contributed by atoms with Crippen LogP contribution in [0.2, 0.25) is 0 Å². The number of carbonyl (C=O) groups is 1. The summed E-state index contributed by atoms with van der Waals surface area (Å²) in [6, 6.07) is 13.8. The Hall–Kier alpha value is -4.11. The molecule has 34 heavy (non-hydrogen) atoms. The number of aromatic nitrogens is 4. The highest BCUT2D eigenvalue weighted by atomic mass is 19.1. The van der Waals surface area contributed by atoms with Crippen molar-refractivity contribution in [1.82, 2.24) is 25.1 Å². The van der Waals surface area contributed by atoms with Crippen molar-refractivity contribution in [3.63, 3.8) is 0 Å². The molecule has 0 unspecified atom stereocenters. The van der Waals surface area contributed by atoms with E-state index in [2.05, 4.69) is 25.7 Å². The lowest BCUT2D eigenvalue weighted by Gasteiger charge is -2.13. The summed E-state index contributed by atoms with van der Waals surface area (Å²) in [5, 5.41) is 10.3. The first kappa shape index (κ1) is 23.1. The topological polar surface area (TPSA) is 111 Å². The smallest absolute Gasteiger partial charge is 0.255 e. The Bertz CT molecular complexity index is 1290. The number of nitrogens with two attached hydrogens (primary N) is 1. The number of amides is 1. The Balaban J connectivity index is 1.52. The zero-order valence-corrected chi connectivity index (χ0v) is 18.8. The van der Waals surface area contributed by atoms with Gasteiger partial charge in [0.1, 0.15) is 11.6 Å². The van der Waals surface area contributed by atoms with E-state index in [4.69, 9.17) is 5.73 Å². The maximum absolute atomic E-state index is 13.5. The third-order valence-electron chi connectivity index (χ3n) is 5.27. The minimum absolute atomic E-state index is 0.256. The van der Waals surface area contributed by atoms with Gasteiger partial charge in [-0.2, -0.15) is 5.10 Å². The monoisotopic (exact) mass is 459 g/mol. The zero-order valence-electron chi connectivity index (χ0n) is 18.8. The predicted molar refractivity (Wildman–Crippen MR) is 128 cm³/mol. The van der Waals surface area contributed by atoms with E-state index in [0.717, 1.165) is 22.4 Å². The van der Waals surface area contributed by atoms with Crippen LogP contribution in [0.3, 0.4) is 0 Å². The Labute approximate surface area is 197 Å². The highest BCUT2D eigenvalue weighted by molar-refractivity contribution is 5.99. The number of carbonyl (C=O) groups excluding carboxylic acids is 1. The summed E-state index contributed by atoms with van der Waals surface area (Å²) in [6.07, 6.45) is 5.86. The fourth-order valence-corrected chi connectivity index (χ4v) is 3.53. The second kappa shape index (κ2) is 10.7. The molecule has 3 aromatic heterocycles. The summed E-state index contributed by atoms with van der Waals surface area (Å²) >= 11 is 0. The number of hydrogen-bond donors (Lipinski definition) is 3. The van der Waals surface area contributed by atoms with Crippen molar-refractivity contribution in [2.75, 3.05) is 11.9 Å². The number of nitrogens with zero attached hydrogens (tertiary/aromatic N) is 4. The second-order valence-corrected chi connectivity index (χ2v) is 7.84. The van der Waals surface area contributed by atoms with E-state index in [0.29, 0.717) is 36.6 Å². The normalized spacial score (nSPS) is 10.8. The van der Waals surface area contributed by atoms with Crippen LogP contribution in [-0.4, -0.2) is 32.2 Å². The molecule has 0 aliphatic heterocycles. The van der Waals surface area contributed by atoms with Crippen molar-refractivity contribution >= 4 is 11.7 Å². The van der Waals surface area contributed by atoms with Gasteiger partial charge in [0.15, 0.2) is 0 Å². The van der Waals surface area contributed by atoms with Gasteiger partial charge in [-0.3, -0.25) is 14.5 Å². The van der Waals surface area contributed by atoms with Crippen LogP contribution in [0.4, 0.5) is 10.2 Å². The van der Waals surface area contributed by atoms with Crippen LogP contribution < -0.4 is 16.4 Å². The van der Waals surface area contributed by atoms with E-state index in [9.17, 15) is 9.18 Å². The molecule has 0 radical (unpaired) electrons. The maximum atomic E-state index is 13.5. The van der Waals surface area contributed by atoms with Gasteiger partial charge in [-0.1, -0.05) is 18.2 Å². The molecule has 0 aliphatic carbocycles. The van der Waals surface area contributed by atoms with E-state index in [-0.39, 0.29) is 18.3 Å². The average molecular weight is 460 g/mol. The summed E-state index contributed by atoms with van der Waals surface area (Å²) < 4.78 is 15.2. The molecule has 0 fully saturated rings. The summed E-state index contributed by atoms with van der Waals surface area (Å²) in [5.41, 5.74) is 10.0. The molecule has 4 aromatic rings. The summed E-state index contributed by atoms with van der Waals surface area (Å²) in [5.74, 6) is -0.111. The minimum atomic E-state index is -0.286. The molecule has 0 bridgehead atoms. The summed E-state index contributed by atoms with van der Waals surface area (Å²) in [6.45, 7) is 1.08. The second-order valence-electron chi connectivity index (χ2n) is 7.84. The van der Waals surface area contributed by atoms with Crippen molar-refractivity contribution in [3.8, 4) is 11.1 Å². The SMILES string of the molecule is Cn1cc(-c2cnc(NCCc3cccc(F)c3)c(C(=O)NCc3cccc(CN)n3)c2)cn1. The molecule has 4 rings (SSSR count). The van der Waals surface area contributed by atoms with E-state index < -0.39 is 0 Å². The van der Waals surface area contributed by atoms with Gasteiger partial charge in [0.25, 0.3) is 5.91 Å². The van der Waals surface area contributed by atoms with E-state index in [1.54, 1.807) is 29.2 Å². The van der Waals surface area contributed by atoms with E-state index in [1.165, 1.54) is 12.1 Å². The molecule has 1 amide bonds. The number of halogens is 1. The molecule has 0 atom stereocenters. The van der Waals surface area contributed by atoms with E-state index in [1.807, 2.05) is 37.5 Å². The molecular formula is C25H26FN7O. The number of pyridine rings is 2. The lowest BCUT2D eigenvalue weighted by molar-refractivity contribution is 0.0951. The standard InChI is InChI=1S/C25H26FN7O/c1-33-16-19(14-31-33)18-11-23(25(34)30-15-22-7-3-6-21(12-27)32-22)24(29-13-18)28-9-8-17-4-2-5-20(26)10-17/h2-7,10-11,13-14,16H,8-9,12,15,27H2,1H3,(H,28,29)(H,30,34). The highest BCUT2D eigenvalue weighted by Crippen LogP contribution is 2.23. The number of anilines is 1. The first-order chi connectivity index (χ1) is 16.5. The van der Waals surface area contributed by atoms with Crippen molar-refractivity contribution in [1.29, 1.82) is 0 Å². The number of benzene rings is 1. The Morgan fingerprint density at radius 1 is 1.09 bits per heavy atom. The van der Waals surface area contributed by atoms with E-state index >= 15 is 0 Å². The Morgan fingerprint density at radius 2 is 1.91 bits per heavy atom. The lowest BCUT2D eigenvalue weighted by Crippen LogP contribution is -2.25. The van der Waals surface area contributed by atoms with Crippen molar-refractivity contribution in [2.45, 2.75) is 19.5 Å². The van der Waals surface area contributed by atoms with Crippen molar-refractivity contribution in [2.24, 2.45) is 12.8 Å². The predicted octanol–water partition coefficient (Wildman–Crippen LogP) is 3.06. The van der Waals surface area contributed by atoms with Crippen LogP contribution in [0.25, 0.3) is 11.1 Å². The molecule has 0 aliphatic rings. The number of hydrogen-bond acceptors (Lipinski definition) is 6. The number of rotatable bonds is 9. The number of aryl methyl sites for hydroxylation is 1. The fraction of sp³-hybridized carbons (Fsp3) is 0.200. The van der Waals surface area contributed by atoms with Gasteiger partial charge in [-0.25, -0.2) is 9.37 Å². The van der Waals surface area contributed by atoms with Crippen LogP contribution in [0, 0.1) is 5.82 Å². The summed E-state index contributed by atoms with van der Waals surface area (Å²) in [7, 11) is 1.83. The van der Waals surface area contributed by atoms with Crippen LogP contribution in [0.1, 0.15) is 27.3 Å². The fourth-order valence-electron chi connectivity index (χ4n) is 3.53. The first-order valence-corrected chi connectivity index (χ1v) is 10.9. The number of nitrogens with one attached hydrogen (secondary N) is 2. The third kappa shape index (κ3) is 5.81. The Kier molecular flexibility index (Phi) is 7.24. The van der Waals surface area contributed by atoms with Gasteiger partial charge >= 0.3 is 0 Å². The van der Waals surface area contributed by atoms with Crippen molar-refractivity contribution < 1.29 is 9.18 Å². The molecule has 0 saturated carbocycles. The molecule has 3 heterocycles. The molecule has 0 spiro atoms. The average Bonchev–Trinajstić information content (AvgIpc) is 3.29. The summed E-state index contributed by atoms with van der Waals surface area (Å²) in [4.78, 5) is 22.1. The lowest BCUT2D eigenvalue weighted by atomic mass is 10.1. The van der Waals surface area contributed by atoms with Gasteiger partial charge in [-0.15, -0.1) is 0 Å². The molecule has 8 nitrogen and oxygen atoms in total. The molecule has 9 heteroatoms. The van der Waals surface area contributed by atoms with Crippen LogP contribution >= 0.6 is 0 Å². The quantitative estimate of drug-likeness (QED) is 0.355. The highest BCUT2D eigenvalue weighted by Gasteiger charge is 2.15. The zero-order chi connectivity index (χ0) is 23.9. The van der Waals surface area contributed by atoms with Gasteiger partial charge in [0.2, 0.25) is 0 Å². The first-order valence-electron chi connectivity index (χ1n) is 10.9. The van der Waals surface area contributed by atoms with Crippen molar-refractivity contribution in [3.05, 3.63) is 95.5 Å². The molecule has 1 aromatic carbocycles. The van der Waals surface area contributed by atoms with Gasteiger partial charge in [-0.05, 0) is 42.3 Å². The van der Waals surface area contributed by atoms with Crippen LogP contribution in [-0.2, 0) is 26.6 Å². The van der Waals surface area contributed by atoms with Crippen LogP contribution in [0.5, 0.6) is 0 Å². The van der Waals surface area contributed by atoms with Gasteiger partial charge in [0, 0.05) is 43.7 Å². The largest absolute Gasteiger partial charge is 0.369 e. The molecular weight excluding hydrogens is 433 g/mol. The molecule has 0 saturated heterocycles. The molecule has 4 N–H and O–H groups in total.